The Labute approximate surface area is 226 Å². The van der Waals surface area contributed by atoms with Gasteiger partial charge in [-0.1, -0.05) is 73.2 Å². The molecule has 2 bridgehead atoms. The van der Waals surface area contributed by atoms with Crippen molar-refractivity contribution >= 4 is 35.5 Å². The molecule has 4 aliphatic rings. The molecule has 39 heavy (non-hydrogen) atoms. The van der Waals surface area contributed by atoms with Crippen LogP contribution in [0.1, 0.15) is 47.1 Å². The van der Waals surface area contributed by atoms with Crippen LogP contribution < -0.4 is 15.6 Å². The average molecular weight is 521 g/mol. The minimum Gasteiger partial charge on any atom is -0.348 e. The second kappa shape index (κ2) is 9.31. The summed E-state index contributed by atoms with van der Waals surface area (Å²) in [6, 6.07) is 22.9. The van der Waals surface area contributed by atoms with Gasteiger partial charge in [0.1, 0.15) is 0 Å². The number of aryl methyl sites for hydroxylation is 1. The summed E-state index contributed by atoms with van der Waals surface area (Å²) in [5.41, 5.74) is 6.44. The van der Waals surface area contributed by atoms with Gasteiger partial charge in [-0.2, -0.15) is 5.10 Å². The summed E-state index contributed by atoms with van der Waals surface area (Å²) < 4.78 is 0. The molecule has 0 spiro atoms. The van der Waals surface area contributed by atoms with Gasteiger partial charge in [-0.15, -0.1) is 0 Å². The van der Waals surface area contributed by atoms with E-state index < -0.39 is 29.1 Å². The summed E-state index contributed by atoms with van der Waals surface area (Å²) in [5, 5.41) is 6.78. The Morgan fingerprint density at radius 2 is 1.51 bits per heavy atom. The number of carbonyl (C=O) groups excluding carboxylic acids is 4. The molecule has 2 atom stereocenters. The van der Waals surface area contributed by atoms with Gasteiger partial charge in [0.25, 0.3) is 0 Å². The number of imide groups is 1. The number of rotatable bonds is 5. The van der Waals surface area contributed by atoms with Crippen LogP contribution in [0, 0.1) is 18.8 Å². The zero-order valence-corrected chi connectivity index (χ0v) is 21.7. The highest BCUT2D eigenvalue weighted by atomic mass is 16.2. The van der Waals surface area contributed by atoms with Gasteiger partial charge in [0.15, 0.2) is 0 Å². The molecule has 7 rings (SSSR count). The average Bonchev–Trinajstić information content (AvgIpc) is 3.23. The quantitative estimate of drug-likeness (QED) is 0.233. The molecule has 3 aromatic rings. The number of hydrogen-bond donors (Lipinski definition) is 2. The van der Waals surface area contributed by atoms with Crippen molar-refractivity contribution in [1.82, 2.24) is 10.7 Å². The fourth-order valence-corrected chi connectivity index (χ4v) is 6.56. The van der Waals surface area contributed by atoms with E-state index in [1.54, 1.807) is 18.3 Å². The third-order valence-corrected chi connectivity index (χ3v) is 8.15. The topological polar surface area (TPSA) is 108 Å². The van der Waals surface area contributed by atoms with Crippen molar-refractivity contribution in [3.05, 3.63) is 101 Å². The smallest absolute Gasteiger partial charge is 0.329 e. The van der Waals surface area contributed by atoms with Crippen LogP contribution in [0.3, 0.4) is 0 Å². The fourth-order valence-electron chi connectivity index (χ4n) is 6.56. The normalized spacial score (nSPS) is 24.4. The third-order valence-electron chi connectivity index (χ3n) is 8.15. The Morgan fingerprint density at radius 1 is 0.897 bits per heavy atom. The monoisotopic (exact) mass is 520 g/mol. The van der Waals surface area contributed by atoms with Crippen LogP contribution in [-0.2, 0) is 24.6 Å². The predicted molar refractivity (Wildman–Crippen MR) is 146 cm³/mol. The van der Waals surface area contributed by atoms with E-state index in [0.717, 1.165) is 27.8 Å². The van der Waals surface area contributed by atoms with E-state index in [0.29, 0.717) is 18.7 Å². The van der Waals surface area contributed by atoms with E-state index in [1.807, 2.05) is 74.5 Å². The highest BCUT2D eigenvalue weighted by molar-refractivity contribution is 6.35. The molecule has 3 aromatic carbocycles. The summed E-state index contributed by atoms with van der Waals surface area (Å²) in [6.45, 7) is 4.21. The summed E-state index contributed by atoms with van der Waals surface area (Å²) in [7, 11) is 0. The maximum absolute atomic E-state index is 14.3. The van der Waals surface area contributed by atoms with E-state index >= 15 is 0 Å². The standard InChI is InChI=1S/C31H28N4O4/c1-3-16-32-27(36)28(37)34-33-17-31-22-10-6-4-8-20(22)24(21-9-5-7-11-23(21)31)25-26(31)30(39)35(29(25)38)19-14-12-18(2)13-15-19/h4-15,17,24-26H,3,16H2,1-2H3,(H,32,36)(H,34,37). The molecule has 0 radical (unpaired) electrons. The first-order valence-corrected chi connectivity index (χ1v) is 13.2. The SMILES string of the molecule is CCCNC(=O)C(=O)NN=CC12c3ccccc3C(c3ccccc31)C1C(=O)N(c3ccc(C)cc3)C(=O)C12. The van der Waals surface area contributed by atoms with Gasteiger partial charge in [0.05, 0.1) is 22.9 Å². The highest BCUT2D eigenvalue weighted by Crippen LogP contribution is 2.63. The van der Waals surface area contributed by atoms with E-state index in [9.17, 15) is 19.2 Å². The molecule has 1 aliphatic heterocycles. The lowest BCUT2D eigenvalue weighted by atomic mass is 9.47. The Bertz CT molecular complexity index is 1500. The van der Waals surface area contributed by atoms with Crippen molar-refractivity contribution in [2.24, 2.45) is 16.9 Å². The van der Waals surface area contributed by atoms with Crippen LogP contribution in [0.2, 0.25) is 0 Å². The molecule has 4 amide bonds. The van der Waals surface area contributed by atoms with Crippen molar-refractivity contribution < 1.29 is 19.2 Å². The molecule has 1 saturated heterocycles. The fraction of sp³-hybridized carbons (Fsp3) is 0.258. The first kappa shape index (κ1) is 24.7. The Balaban J connectivity index is 1.51. The molecule has 3 aliphatic carbocycles. The number of hydrazone groups is 1. The van der Waals surface area contributed by atoms with Gasteiger partial charge in [0, 0.05) is 18.7 Å². The molecular formula is C31H28N4O4. The van der Waals surface area contributed by atoms with Crippen LogP contribution >= 0.6 is 0 Å². The van der Waals surface area contributed by atoms with E-state index in [-0.39, 0.29) is 17.7 Å². The summed E-state index contributed by atoms with van der Waals surface area (Å²) >= 11 is 0. The number of hydrogen-bond acceptors (Lipinski definition) is 5. The molecular weight excluding hydrogens is 492 g/mol. The van der Waals surface area contributed by atoms with Crippen molar-refractivity contribution in [1.29, 1.82) is 0 Å². The van der Waals surface area contributed by atoms with Crippen molar-refractivity contribution in [2.45, 2.75) is 31.6 Å². The summed E-state index contributed by atoms with van der Waals surface area (Å²) in [6.07, 6.45) is 2.24. The number of benzene rings is 3. The number of carbonyl (C=O) groups is 4. The minimum absolute atomic E-state index is 0.247. The molecule has 1 fully saturated rings. The number of nitrogens with one attached hydrogen (secondary N) is 2. The van der Waals surface area contributed by atoms with Gasteiger partial charge >= 0.3 is 11.8 Å². The summed E-state index contributed by atoms with van der Waals surface area (Å²) in [5.74, 6) is -3.93. The van der Waals surface area contributed by atoms with Crippen LogP contribution in [0.25, 0.3) is 0 Å². The molecule has 1 heterocycles. The Morgan fingerprint density at radius 3 is 2.13 bits per heavy atom. The zero-order valence-electron chi connectivity index (χ0n) is 21.7. The molecule has 2 unspecified atom stereocenters. The van der Waals surface area contributed by atoms with Crippen molar-refractivity contribution in [2.75, 3.05) is 11.4 Å². The first-order valence-electron chi connectivity index (χ1n) is 13.2. The van der Waals surface area contributed by atoms with Crippen LogP contribution in [-0.4, -0.2) is 36.4 Å². The van der Waals surface area contributed by atoms with Gasteiger partial charge in [0.2, 0.25) is 11.8 Å². The van der Waals surface area contributed by atoms with Gasteiger partial charge in [-0.25, -0.2) is 10.3 Å². The molecule has 8 heteroatoms. The number of nitrogens with zero attached hydrogens (tertiary/aromatic N) is 2. The van der Waals surface area contributed by atoms with Gasteiger partial charge in [-0.3, -0.25) is 19.2 Å². The van der Waals surface area contributed by atoms with Crippen LogP contribution in [0.4, 0.5) is 5.69 Å². The second-order valence-corrected chi connectivity index (χ2v) is 10.3. The molecule has 196 valence electrons. The van der Waals surface area contributed by atoms with Crippen LogP contribution in [0.15, 0.2) is 77.9 Å². The van der Waals surface area contributed by atoms with E-state index in [2.05, 4.69) is 15.8 Å². The molecule has 0 aromatic heterocycles. The zero-order chi connectivity index (χ0) is 27.3. The lowest BCUT2D eigenvalue weighted by Crippen LogP contribution is -2.55. The molecule has 8 nitrogen and oxygen atoms in total. The Kier molecular flexibility index (Phi) is 5.90. The number of amides is 4. The molecule has 2 N–H and O–H groups in total. The first-order chi connectivity index (χ1) is 18.9. The van der Waals surface area contributed by atoms with Gasteiger partial charge < -0.3 is 5.32 Å². The van der Waals surface area contributed by atoms with Crippen molar-refractivity contribution in [3.63, 3.8) is 0 Å². The lowest BCUT2D eigenvalue weighted by molar-refractivity contribution is -0.139. The maximum Gasteiger partial charge on any atom is 0.329 e. The third kappa shape index (κ3) is 3.55. The highest BCUT2D eigenvalue weighted by Gasteiger charge is 2.68. The summed E-state index contributed by atoms with van der Waals surface area (Å²) in [4.78, 5) is 54.2. The van der Waals surface area contributed by atoms with Gasteiger partial charge in [-0.05, 0) is 47.7 Å². The van der Waals surface area contributed by atoms with E-state index in [4.69, 9.17) is 0 Å². The lowest BCUT2D eigenvalue weighted by Gasteiger charge is -2.52. The van der Waals surface area contributed by atoms with Crippen LogP contribution in [0.5, 0.6) is 0 Å². The Hall–Kier alpha value is -4.59. The van der Waals surface area contributed by atoms with Crippen molar-refractivity contribution in [3.8, 4) is 0 Å². The van der Waals surface area contributed by atoms with E-state index in [1.165, 1.54) is 4.90 Å². The number of anilines is 1. The molecule has 0 saturated carbocycles. The maximum atomic E-state index is 14.3. The second-order valence-electron chi connectivity index (χ2n) is 10.3. The largest absolute Gasteiger partial charge is 0.348 e. The minimum atomic E-state index is -1.12. The predicted octanol–water partition coefficient (Wildman–Crippen LogP) is 3.17.